The average Bonchev–Trinajstić information content (AvgIpc) is 2.88. The lowest BCUT2D eigenvalue weighted by Gasteiger charge is -2.09. The Morgan fingerprint density at radius 3 is 3.05 bits per heavy atom. The van der Waals surface area contributed by atoms with Crippen LogP contribution in [-0.2, 0) is 11.3 Å². The number of methoxy groups -OCH3 is 1. The van der Waals surface area contributed by atoms with Gasteiger partial charge in [-0.15, -0.1) is 0 Å². The van der Waals surface area contributed by atoms with Crippen LogP contribution in [0.2, 0.25) is 0 Å². The van der Waals surface area contributed by atoms with Crippen LogP contribution in [0.5, 0.6) is 0 Å². The first kappa shape index (κ1) is 13.6. The summed E-state index contributed by atoms with van der Waals surface area (Å²) in [4.78, 5) is 4.10. The quantitative estimate of drug-likeness (QED) is 0.879. The Hall–Kier alpha value is -1.82. The third-order valence-corrected chi connectivity index (χ3v) is 3.12. The molecule has 2 aromatic heterocycles. The Bertz CT molecular complexity index is 606. The van der Waals surface area contributed by atoms with Crippen molar-refractivity contribution in [2.75, 3.05) is 12.8 Å². The molecule has 0 bridgehead atoms. The highest BCUT2D eigenvalue weighted by Gasteiger charge is 2.09. The number of hydrogen-bond acceptors (Lipinski definition) is 4. The molecule has 0 atom stereocenters. The molecule has 2 heterocycles. The molecule has 0 fully saturated rings. The lowest BCUT2D eigenvalue weighted by atomic mass is 10.2. The molecule has 2 aromatic rings. The Balaban J connectivity index is 2.47. The fraction of sp³-hybridized carbons (Fsp3) is 0.231. The molecule has 0 amide bonds. The number of ether oxygens (including phenoxy) is 1. The molecule has 100 valence electrons. The summed E-state index contributed by atoms with van der Waals surface area (Å²) in [5.74, 6) is 1.16. The molecule has 2 N–H and O–H groups in total. The number of aryl methyl sites for hydroxylation is 1. The van der Waals surface area contributed by atoms with Crippen molar-refractivity contribution in [3.8, 4) is 0 Å². The predicted molar refractivity (Wildman–Crippen MR) is 79.1 cm³/mol. The second kappa shape index (κ2) is 5.88. The number of pyridine rings is 1. The van der Waals surface area contributed by atoms with Crippen LogP contribution in [0, 0.1) is 0 Å². The van der Waals surface area contributed by atoms with Gasteiger partial charge in [0.1, 0.15) is 17.3 Å². The minimum Gasteiger partial charge on any atom is -0.494 e. The molecule has 0 radical (unpaired) electrons. The lowest BCUT2D eigenvalue weighted by Crippen LogP contribution is -2.03. The largest absolute Gasteiger partial charge is 0.494 e. The van der Waals surface area contributed by atoms with Crippen LogP contribution >= 0.6 is 15.9 Å². The fourth-order valence-electron chi connectivity index (χ4n) is 1.75. The van der Waals surface area contributed by atoms with Crippen LogP contribution in [-0.4, -0.2) is 21.9 Å². The number of aromatic nitrogens is 3. The second-order valence-corrected chi connectivity index (χ2v) is 4.79. The van der Waals surface area contributed by atoms with Crippen LogP contribution in [0.1, 0.15) is 18.2 Å². The molecule has 0 saturated carbocycles. The van der Waals surface area contributed by atoms with Gasteiger partial charge < -0.3 is 10.5 Å². The van der Waals surface area contributed by atoms with E-state index in [-0.39, 0.29) is 0 Å². The van der Waals surface area contributed by atoms with Crippen molar-refractivity contribution in [3.05, 3.63) is 40.3 Å². The van der Waals surface area contributed by atoms with Crippen molar-refractivity contribution in [3.63, 3.8) is 0 Å². The van der Waals surface area contributed by atoms with Gasteiger partial charge in [-0.05, 0) is 41.1 Å². The third-order valence-electron chi connectivity index (χ3n) is 2.69. The number of rotatable bonds is 4. The van der Waals surface area contributed by atoms with Gasteiger partial charge in [0.2, 0.25) is 0 Å². The normalized spacial score (nSPS) is 11.6. The van der Waals surface area contributed by atoms with Gasteiger partial charge in [-0.2, -0.15) is 5.10 Å². The van der Waals surface area contributed by atoms with Gasteiger partial charge in [0.25, 0.3) is 0 Å². The number of nitrogens with two attached hydrogens (primary N) is 1. The van der Waals surface area contributed by atoms with Crippen LogP contribution < -0.4 is 5.73 Å². The summed E-state index contributed by atoms with van der Waals surface area (Å²) in [7, 11) is 1.63. The van der Waals surface area contributed by atoms with E-state index in [2.05, 4.69) is 26.0 Å². The lowest BCUT2D eigenvalue weighted by molar-refractivity contribution is 0.366. The molecular weight excluding hydrogens is 308 g/mol. The zero-order chi connectivity index (χ0) is 13.8. The molecule has 19 heavy (non-hydrogen) atoms. The number of nitrogens with zero attached hydrogens (tertiary/aromatic N) is 3. The van der Waals surface area contributed by atoms with Crippen molar-refractivity contribution < 1.29 is 4.74 Å². The highest BCUT2D eigenvalue weighted by Crippen LogP contribution is 2.23. The van der Waals surface area contributed by atoms with E-state index in [0.717, 1.165) is 22.3 Å². The zero-order valence-corrected chi connectivity index (χ0v) is 12.4. The minimum atomic E-state index is 0.459. The third kappa shape index (κ3) is 2.96. The van der Waals surface area contributed by atoms with Gasteiger partial charge in [0.05, 0.1) is 7.11 Å². The SMILES string of the molecule is CCn1nccc1C(=Cc1cc(Br)cnc1N)OC. The predicted octanol–water partition coefficient (Wildman–Crippen LogP) is 2.79. The van der Waals surface area contributed by atoms with Gasteiger partial charge in [-0.25, -0.2) is 4.98 Å². The smallest absolute Gasteiger partial charge is 0.144 e. The Morgan fingerprint density at radius 1 is 1.58 bits per heavy atom. The number of halogens is 1. The van der Waals surface area contributed by atoms with Crippen molar-refractivity contribution in [2.24, 2.45) is 0 Å². The molecule has 0 aromatic carbocycles. The summed E-state index contributed by atoms with van der Waals surface area (Å²) < 4.78 is 8.16. The maximum absolute atomic E-state index is 5.86. The Morgan fingerprint density at radius 2 is 2.37 bits per heavy atom. The topological polar surface area (TPSA) is 66.0 Å². The van der Waals surface area contributed by atoms with E-state index in [4.69, 9.17) is 10.5 Å². The number of hydrogen-bond donors (Lipinski definition) is 1. The molecule has 2 rings (SSSR count). The highest BCUT2D eigenvalue weighted by atomic mass is 79.9. The van der Waals surface area contributed by atoms with Gasteiger partial charge in [0, 0.05) is 29.0 Å². The first-order valence-corrected chi connectivity index (χ1v) is 6.64. The summed E-state index contributed by atoms with van der Waals surface area (Å²) in [6, 6.07) is 3.80. The molecule has 0 aliphatic rings. The van der Waals surface area contributed by atoms with Gasteiger partial charge in [-0.1, -0.05) is 0 Å². The fourth-order valence-corrected chi connectivity index (χ4v) is 2.10. The van der Waals surface area contributed by atoms with E-state index in [1.807, 2.05) is 29.8 Å². The molecule has 6 heteroatoms. The molecular formula is C13H15BrN4O. The highest BCUT2D eigenvalue weighted by molar-refractivity contribution is 9.10. The van der Waals surface area contributed by atoms with Crippen LogP contribution in [0.3, 0.4) is 0 Å². The number of nitrogen functional groups attached to an aromatic ring is 1. The van der Waals surface area contributed by atoms with E-state index in [0.29, 0.717) is 11.6 Å². The maximum atomic E-state index is 5.86. The minimum absolute atomic E-state index is 0.459. The summed E-state index contributed by atoms with van der Waals surface area (Å²) >= 11 is 3.38. The zero-order valence-electron chi connectivity index (χ0n) is 10.8. The molecule has 0 saturated heterocycles. The summed E-state index contributed by atoms with van der Waals surface area (Å²) in [6.07, 6.45) is 5.26. The average molecular weight is 323 g/mol. The van der Waals surface area contributed by atoms with Gasteiger partial charge in [0.15, 0.2) is 0 Å². The second-order valence-electron chi connectivity index (χ2n) is 3.87. The van der Waals surface area contributed by atoms with Crippen LogP contribution in [0.25, 0.3) is 11.8 Å². The first-order valence-electron chi connectivity index (χ1n) is 5.84. The Kier molecular flexibility index (Phi) is 4.21. The molecule has 0 unspecified atom stereocenters. The maximum Gasteiger partial charge on any atom is 0.144 e. The van der Waals surface area contributed by atoms with E-state index >= 15 is 0 Å². The van der Waals surface area contributed by atoms with Crippen molar-refractivity contribution >= 4 is 33.6 Å². The first-order chi connectivity index (χ1) is 9.15. The Labute approximate surface area is 120 Å². The molecule has 5 nitrogen and oxygen atoms in total. The molecule has 0 aliphatic heterocycles. The monoisotopic (exact) mass is 322 g/mol. The summed E-state index contributed by atoms with van der Waals surface area (Å²) in [5.41, 5.74) is 7.57. The van der Waals surface area contributed by atoms with Crippen LogP contribution in [0.15, 0.2) is 29.0 Å². The van der Waals surface area contributed by atoms with E-state index in [1.54, 1.807) is 19.5 Å². The van der Waals surface area contributed by atoms with Gasteiger partial charge in [-0.3, -0.25) is 4.68 Å². The van der Waals surface area contributed by atoms with Crippen LogP contribution in [0.4, 0.5) is 5.82 Å². The van der Waals surface area contributed by atoms with Crippen molar-refractivity contribution in [1.82, 2.24) is 14.8 Å². The molecule has 0 aliphatic carbocycles. The van der Waals surface area contributed by atoms with Crippen molar-refractivity contribution in [2.45, 2.75) is 13.5 Å². The standard InChI is InChI=1S/C13H15BrN4O/c1-3-18-11(4-5-17-18)12(19-2)7-9-6-10(14)8-16-13(9)15/h4-8H,3H2,1-2H3,(H2,15,16). The molecule has 0 spiro atoms. The van der Waals surface area contributed by atoms with E-state index < -0.39 is 0 Å². The number of anilines is 1. The van der Waals surface area contributed by atoms with Gasteiger partial charge >= 0.3 is 0 Å². The van der Waals surface area contributed by atoms with E-state index in [1.165, 1.54) is 0 Å². The van der Waals surface area contributed by atoms with Crippen molar-refractivity contribution in [1.29, 1.82) is 0 Å². The summed E-state index contributed by atoms with van der Waals surface area (Å²) in [6.45, 7) is 2.80. The summed E-state index contributed by atoms with van der Waals surface area (Å²) in [5, 5.41) is 4.22. The van der Waals surface area contributed by atoms with E-state index in [9.17, 15) is 0 Å².